The van der Waals surface area contributed by atoms with Crippen LogP contribution in [0.4, 0.5) is 0 Å². The number of thiophene rings is 1. The molecule has 0 saturated heterocycles. The third-order valence-corrected chi connectivity index (χ3v) is 4.11. The van der Waals surface area contributed by atoms with Gasteiger partial charge in [-0.15, -0.1) is 11.3 Å². The average molecular weight is 268 g/mol. The Labute approximate surface area is 115 Å². The van der Waals surface area contributed by atoms with Crippen molar-refractivity contribution in [3.63, 3.8) is 0 Å². The van der Waals surface area contributed by atoms with E-state index in [1.807, 2.05) is 24.3 Å². The highest BCUT2D eigenvalue weighted by molar-refractivity contribution is 7.17. The molecule has 0 radical (unpaired) electrons. The van der Waals surface area contributed by atoms with E-state index < -0.39 is 0 Å². The number of ether oxygens (including phenoxy) is 1. The maximum atomic E-state index is 11.1. The fraction of sp³-hybridized carbons (Fsp3) is 0.0625. The molecule has 0 saturated carbocycles. The molecule has 1 aromatic heterocycles. The summed E-state index contributed by atoms with van der Waals surface area (Å²) in [6, 6.07) is 14.0. The van der Waals surface area contributed by atoms with Crippen LogP contribution in [0.15, 0.2) is 47.8 Å². The van der Waals surface area contributed by atoms with Crippen LogP contribution in [0.1, 0.15) is 10.4 Å². The third kappa shape index (κ3) is 2.02. The first-order valence-electron chi connectivity index (χ1n) is 5.93. The minimum absolute atomic E-state index is 0.577. The van der Waals surface area contributed by atoms with Crippen molar-refractivity contribution in [1.82, 2.24) is 0 Å². The summed E-state index contributed by atoms with van der Waals surface area (Å²) in [6.07, 6.45) is 0.830. The number of hydrogen-bond donors (Lipinski definition) is 0. The highest BCUT2D eigenvalue weighted by Crippen LogP contribution is 2.34. The fourth-order valence-electron chi connectivity index (χ4n) is 2.21. The maximum absolute atomic E-state index is 11.1. The molecule has 19 heavy (non-hydrogen) atoms. The number of aldehydes is 1. The van der Waals surface area contributed by atoms with Gasteiger partial charge in [-0.05, 0) is 40.1 Å². The van der Waals surface area contributed by atoms with Crippen molar-refractivity contribution in [3.05, 3.63) is 53.4 Å². The largest absolute Gasteiger partial charge is 0.496 e. The van der Waals surface area contributed by atoms with Gasteiger partial charge >= 0.3 is 0 Å². The number of rotatable bonds is 3. The number of carbonyl (C=O) groups is 1. The van der Waals surface area contributed by atoms with Crippen molar-refractivity contribution in [1.29, 1.82) is 0 Å². The lowest BCUT2D eigenvalue weighted by atomic mass is 10.0. The number of methoxy groups -OCH3 is 1. The van der Waals surface area contributed by atoms with Crippen LogP contribution in [0.2, 0.25) is 0 Å². The fourth-order valence-corrected chi connectivity index (χ4v) is 3.15. The zero-order chi connectivity index (χ0) is 13.2. The van der Waals surface area contributed by atoms with Gasteiger partial charge in [-0.2, -0.15) is 0 Å². The Morgan fingerprint density at radius 2 is 2.05 bits per heavy atom. The summed E-state index contributed by atoms with van der Waals surface area (Å²) in [5.74, 6) is 0.608. The van der Waals surface area contributed by atoms with Crippen molar-refractivity contribution < 1.29 is 9.53 Å². The zero-order valence-electron chi connectivity index (χ0n) is 10.4. The van der Waals surface area contributed by atoms with E-state index in [0.29, 0.717) is 11.3 Å². The third-order valence-electron chi connectivity index (χ3n) is 3.15. The topological polar surface area (TPSA) is 26.3 Å². The van der Waals surface area contributed by atoms with Gasteiger partial charge in [-0.1, -0.05) is 24.3 Å². The van der Waals surface area contributed by atoms with Gasteiger partial charge in [0.1, 0.15) is 5.75 Å². The first kappa shape index (κ1) is 11.9. The number of fused-ring (bicyclic) bond motifs is 1. The Bertz CT molecular complexity index is 743. The molecule has 0 amide bonds. The number of hydrogen-bond acceptors (Lipinski definition) is 3. The normalized spacial score (nSPS) is 10.6. The highest BCUT2D eigenvalue weighted by Gasteiger charge is 2.08. The Morgan fingerprint density at radius 1 is 1.16 bits per heavy atom. The van der Waals surface area contributed by atoms with Crippen molar-refractivity contribution in [2.24, 2.45) is 0 Å². The van der Waals surface area contributed by atoms with E-state index in [-0.39, 0.29) is 0 Å². The molecule has 3 aromatic rings. The maximum Gasteiger partial charge on any atom is 0.153 e. The number of benzene rings is 2. The quantitative estimate of drug-likeness (QED) is 0.658. The lowest BCUT2D eigenvalue weighted by Gasteiger charge is -2.07. The van der Waals surface area contributed by atoms with E-state index in [0.717, 1.165) is 17.4 Å². The summed E-state index contributed by atoms with van der Waals surface area (Å²) in [5, 5.41) is 3.31. The molecule has 0 bridgehead atoms. The molecule has 0 fully saturated rings. The summed E-state index contributed by atoms with van der Waals surface area (Å²) in [6.45, 7) is 0. The van der Waals surface area contributed by atoms with Crippen LogP contribution >= 0.6 is 11.3 Å². The van der Waals surface area contributed by atoms with Crippen molar-refractivity contribution in [3.8, 4) is 16.9 Å². The first-order valence-corrected chi connectivity index (χ1v) is 6.81. The molecule has 3 heteroatoms. The van der Waals surface area contributed by atoms with Gasteiger partial charge in [0.2, 0.25) is 0 Å². The summed E-state index contributed by atoms with van der Waals surface area (Å²) in [5.41, 5.74) is 2.77. The molecule has 0 N–H and O–H groups in total. The monoisotopic (exact) mass is 268 g/mol. The predicted octanol–water partition coefficient (Wildman–Crippen LogP) is 4.39. The molecule has 2 aromatic carbocycles. The van der Waals surface area contributed by atoms with Crippen LogP contribution < -0.4 is 4.74 Å². The van der Waals surface area contributed by atoms with Gasteiger partial charge in [0.25, 0.3) is 0 Å². The van der Waals surface area contributed by atoms with Gasteiger partial charge in [-0.3, -0.25) is 4.79 Å². The van der Waals surface area contributed by atoms with Gasteiger partial charge in [-0.25, -0.2) is 0 Å². The van der Waals surface area contributed by atoms with Crippen LogP contribution in [-0.4, -0.2) is 13.4 Å². The standard InChI is InChI=1S/C16H12O2S/c1-18-15-6-5-12(9-13(15)10-17)14-4-2-3-11-7-8-19-16(11)14/h2-10H,1H3. The molecule has 0 aliphatic rings. The van der Waals surface area contributed by atoms with Crippen LogP contribution in [0, 0.1) is 0 Å². The van der Waals surface area contributed by atoms with Crippen molar-refractivity contribution >= 4 is 27.7 Å². The molecular weight excluding hydrogens is 256 g/mol. The second-order valence-corrected chi connectivity index (χ2v) is 5.14. The summed E-state index contributed by atoms with van der Waals surface area (Å²) in [7, 11) is 1.57. The molecule has 1 heterocycles. The summed E-state index contributed by atoms with van der Waals surface area (Å²) >= 11 is 1.71. The molecule has 94 valence electrons. The van der Waals surface area contributed by atoms with E-state index in [4.69, 9.17) is 4.74 Å². The molecule has 0 unspecified atom stereocenters. The second-order valence-electron chi connectivity index (χ2n) is 4.22. The minimum atomic E-state index is 0.577. The lowest BCUT2D eigenvalue weighted by Crippen LogP contribution is -1.91. The Morgan fingerprint density at radius 3 is 2.84 bits per heavy atom. The van der Waals surface area contributed by atoms with Gasteiger partial charge in [0.05, 0.1) is 12.7 Å². The first-order chi connectivity index (χ1) is 9.33. The van der Waals surface area contributed by atoms with E-state index in [1.54, 1.807) is 18.4 Å². The van der Waals surface area contributed by atoms with E-state index in [2.05, 4.69) is 23.6 Å². The molecule has 0 spiro atoms. The van der Waals surface area contributed by atoms with Gasteiger partial charge in [0, 0.05) is 4.70 Å². The Balaban J connectivity index is 2.21. The second kappa shape index (κ2) is 4.86. The lowest BCUT2D eigenvalue weighted by molar-refractivity contribution is 0.112. The van der Waals surface area contributed by atoms with Crippen LogP contribution in [0.5, 0.6) is 5.75 Å². The average Bonchev–Trinajstić information content (AvgIpc) is 2.94. The zero-order valence-corrected chi connectivity index (χ0v) is 11.2. The number of carbonyl (C=O) groups excluding carboxylic acids is 1. The molecule has 0 aliphatic carbocycles. The van der Waals surface area contributed by atoms with Gasteiger partial charge in [0.15, 0.2) is 6.29 Å². The molecule has 2 nitrogen and oxygen atoms in total. The van der Waals surface area contributed by atoms with Crippen LogP contribution in [0.25, 0.3) is 21.2 Å². The van der Waals surface area contributed by atoms with E-state index in [1.165, 1.54) is 10.1 Å². The molecule has 0 atom stereocenters. The van der Waals surface area contributed by atoms with Crippen LogP contribution in [-0.2, 0) is 0 Å². The minimum Gasteiger partial charge on any atom is -0.496 e. The van der Waals surface area contributed by atoms with Crippen molar-refractivity contribution in [2.45, 2.75) is 0 Å². The smallest absolute Gasteiger partial charge is 0.153 e. The molecule has 0 aliphatic heterocycles. The molecular formula is C16H12O2S. The van der Waals surface area contributed by atoms with Gasteiger partial charge < -0.3 is 4.74 Å². The molecule has 3 rings (SSSR count). The summed E-state index contributed by atoms with van der Waals surface area (Å²) in [4.78, 5) is 11.1. The van der Waals surface area contributed by atoms with Crippen molar-refractivity contribution in [2.75, 3.05) is 7.11 Å². The SMILES string of the molecule is COc1ccc(-c2cccc3ccsc23)cc1C=O. The summed E-state index contributed by atoms with van der Waals surface area (Å²) < 4.78 is 6.41. The Hall–Kier alpha value is -2.13. The highest BCUT2D eigenvalue weighted by atomic mass is 32.1. The Kier molecular flexibility index (Phi) is 3.05. The van der Waals surface area contributed by atoms with E-state index >= 15 is 0 Å². The van der Waals surface area contributed by atoms with Crippen LogP contribution in [0.3, 0.4) is 0 Å². The van der Waals surface area contributed by atoms with E-state index in [9.17, 15) is 4.79 Å². The predicted molar refractivity (Wildman–Crippen MR) is 79.2 cm³/mol.